The normalized spacial score (nSPS) is 12.8. The molecule has 0 unspecified atom stereocenters. The number of benzene rings is 3. The van der Waals surface area contributed by atoms with E-state index >= 15 is 0 Å². The standard InChI is InChI=1S/C24H21N3S/c1-16-11-12-19(13-17(16)2)27-14-18(25-26-27)15-28-24-22-9-5-3-7-20(22)21-8-4-6-10-23(21)24/h3-14,24H,15H2,1-2H3. The summed E-state index contributed by atoms with van der Waals surface area (Å²) in [5.41, 5.74) is 10.1. The van der Waals surface area contributed by atoms with Crippen LogP contribution in [-0.4, -0.2) is 15.0 Å². The average Bonchev–Trinajstić information content (AvgIpc) is 3.31. The van der Waals surface area contributed by atoms with Gasteiger partial charge in [-0.3, -0.25) is 0 Å². The maximum Gasteiger partial charge on any atom is 0.0930 e. The molecule has 0 fully saturated rings. The van der Waals surface area contributed by atoms with Gasteiger partial charge in [0.2, 0.25) is 0 Å². The van der Waals surface area contributed by atoms with E-state index in [1.54, 1.807) is 0 Å². The van der Waals surface area contributed by atoms with Gasteiger partial charge in [0.1, 0.15) is 0 Å². The third-order valence-electron chi connectivity index (χ3n) is 5.47. The molecule has 138 valence electrons. The van der Waals surface area contributed by atoms with Crippen LogP contribution in [0.5, 0.6) is 0 Å². The van der Waals surface area contributed by atoms with Gasteiger partial charge in [0.15, 0.2) is 0 Å². The van der Waals surface area contributed by atoms with Crippen LogP contribution in [0, 0.1) is 13.8 Å². The van der Waals surface area contributed by atoms with E-state index in [0.29, 0.717) is 5.25 Å². The van der Waals surface area contributed by atoms with Gasteiger partial charge in [-0.1, -0.05) is 59.8 Å². The first-order valence-electron chi connectivity index (χ1n) is 9.49. The zero-order chi connectivity index (χ0) is 19.1. The fourth-order valence-corrected chi connectivity index (χ4v) is 5.06. The molecule has 1 aliphatic rings. The maximum absolute atomic E-state index is 4.41. The number of aromatic nitrogens is 3. The summed E-state index contributed by atoms with van der Waals surface area (Å²) in [7, 11) is 0. The summed E-state index contributed by atoms with van der Waals surface area (Å²) in [6, 6.07) is 23.8. The van der Waals surface area contributed by atoms with Gasteiger partial charge < -0.3 is 0 Å². The summed E-state index contributed by atoms with van der Waals surface area (Å²) in [4.78, 5) is 0. The minimum absolute atomic E-state index is 0.346. The lowest BCUT2D eigenvalue weighted by Gasteiger charge is -2.12. The molecule has 28 heavy (non-hydrogen) atoms. The molecule has 1 aliphatic carbocycles. The monoisotopic (exact) mass is 383 g/mol. The van der Waals surface area contributed by atoms with Crippen LogP contribution in [0.2, 0.25) is 0 Å². The van der Waals surface area contributed by atoms with E-state index in [9.17, 15) is 0 Å². The van der Waals surface area contributed by atoms with E-state index in [-0.39, 0.29) is 0 Å². The summed E-state index contributed by atoms with van der Waals surface area (Å²) < 4.78 is 1.87. The van der Waals surface area contributed by atoms with Crippen molar-refractivity contribution in [3.8, 4) is 16.8 Å². The van der Waals surface area contributed by atoms with Gasteiger partial charge in [-0.15, -0.1) is 16.9 Å². The van der Waals surface area contributed by atoms with Crippen molar-refractivity contribution in [1.29, 1.82) is 0 Å². The van der Waals surface area contributed by atoms with E-state index in [4.69, 9.17) is 0 Å². The third-order valence-corrected chi connectivity index (χ3v) is 6.77. The molecule has 0 spiro atoms. The molecule has 4 heteroatoms. The molecule has 3 nitrogen and oxygen atoms in total. The molecule has 1 aromatic heterocycles. The Morgan fingerprint density at radius 1 is 0.857 bits per heavy atom. The molecule has 0 aliphatic heterocycles. The molecule has 0 radical (unpaired) electrons. The Hall–Kier alpha value is -2.85. The smallest absolute Gasteiger partial charge is 0.0930 e. The predicted molar refractivity (Wildman–Crippen MR) is 116 cm³/mol. The fraction of sp³-hybridized carbons (Fsp3) is 0.167. The number of thioether (sulfide) groups is 1. The van der Waals surface area contributed by atoms with Gasteiger partial charge in [-0.2, -0.15) is 0 Å². The summed E-state index contributed by atoms with van der Waals surface area (Å²) in [5, 5.41) is 9.10. The Labute approximate surface area is 169 Å². The van der Waals surface area contributed by atoms with Gasteiger partial charge in [-0.05, 0) is 59.4 Å². The van der Waals surface area contributed by atoms with Gasteiger partial charge in [0, 0.05) is 5.75 Å². The molecule has 1 heterocycles. The highest BCUT2D eigenvalue weighted by Crippen LogP contribution is 2.50. The summed E-state index contributed by atoms with van der Waals surface area (Å²) in [6.45, 7) is 4.25. The zero-order valence-electron chi connectivity index (χ0n) is 16.0. The van der Waals surface area contributed by atoms with Crippen molar-refractivity contribution in [2.24, 2.45) is 0 Å². The predicted octanol–water partition coefficient (Wildman–Crippen LogP) is 5.89. The van der Waals surface area contributed by atoms with Crippen molar-refractivity contribution in [3.63, 3.8) is 0 Å². The molecular weight excluding hydrogens is 362 g/mol. The largest absolute Gasteiger partial charge is 0.220 e. The number of rotatable bonds is 4. The first-order chi connectivity index (χ1) is 13.7. The van der Waals surface area contributed by atoms with Crippen LogP contribution in [0.4, 0.5) is 0 Å². The number of hydrogen-bond acceptors (Lipinski definition) is 3. The van der Waals surface area contributed by atoms with Gasteiger partial charge in [0.05, 0.1) is 22.8 Å². The van der Waals surface area contributed by atoms with Crippen LogP contribution < -0.4 is 0 Å². The van der Waals surface area contributed by atoms with E-state index in [2.05, 4.69) is 90.9 Å². The van der Waals surface area contributed by atoms with E-state index < -0.39 is 0 Å². The topological polar surface area (TPSA) is 30.7 Å². The first kappa shape index (κ1) is 17.3. The van der Waals surface area contributed by atoms with Crippen molar-refractivity contribution < 1.29 is 0 Å². The molecule has 0 saturated heterocycles. The Morgan fingerprint density at radius 3 is 2.21 bits per heavy atom. The van der Waals surface area contributed by atoms with E-state index in [1.807, 2.05) is 22.6 Å². The molecule has 0 N–H and O–H groups in total. The van der Waals surface area contributed by atoms with Crippen LogP contribution >= 0.6 is 11.8 Å². The Kier molecular flexibility index (Phi) is 4.29. The number of nitrogens with zero attached hydrogens (tertiary/aromatic N) is 3. The van der Waals surface area contributed by atoms with Crippen molar-refractivity contribution in [1.82, 2.24) is 15.0 Å². The Balaban J connectivity index is 1.39. The lowest BCUT2D eigenvalue weighted by molar-refractivity contribution is 0.799. The van der Waals surface area contributed by atoms with Crippen molar-refractivity contribution >= 4 is 11.8 Å². The van der Waals surface area contributed by atoms with Gasteiger partial charge in [-0.25, -0.2) is 4.68 Å². The Morgan fingerprint density at radius 2 is 1.54 bits per heavy atom. The molecular formula is C24H21N3S. The SMILES string of the molecule is Cc1ccc(-n2cc(CSC3c4ccccc4-c4ccccc43)nn2)cc1C. The molecule has 5 rings (SSSR count). The second-order valence-corrected chi connectivity index (χ2v) is 8.38. The minimum atomic E-state index is 0.346. The van der Waals surface area contributed by atoms with Crippen molar-refractivity contribution in [2.75, 3.05) is 0 Å². The molecule has 0 saturated carbocycles. The molecule has 0 bridgehead atoms. The molecule has 4 aromatic rings. The van der Waals surface area contributed by atoms with Crippen LogP contribution in [0.1, 0.15) is 33.2 Å². The van der Waals surface area contributed by atoms with Gasteiger partial charge >= 0.3 is 0 Å². The summed E-state index contributed by atoms with van der Waals surface area (Å²) in [5.74, 6) is 0.832. The second-order valence-electron chi connectivity index (χ2n) is 7.29. The van der Waals surface area contributed by atoms with E-state index in [1.165, 1.54) is 33.4 Å². The number of hydrogen-bond donors (Lipinski definition) is 0. The third kappa shape index (κ3) is 2.94. The van der Waals surface area contributed by atoms with Crippen molar-refractivity contribution in [3.05, 3.63) is 101 Å². The highest BCUT2D eigenvalue weighted by molar-refractivity contribution is 7.99. The second kappa shape index (κ2) is 6.95. The quantitative estimate of drug-likeness (QED) is 0.440. The van der Waals surface area contributed by atoms with Crippen LogP contribution in [0.3, 0.4) is 0 Å². The molecule has 0 amide bonds. The number of aryl methyl sites for hydroxylation is 2. The van der Waals surface area contributed by atoms with Gasteiger partial charge in [0.25, 0.3) is 0 Å². The summed E-state index contributed by atoms with van der Waals surface area (Å²) >= 11 is 1.92. The number of fused-ring (bicyclic) bond motifs is 3. The molecule has 3 aromatic carbocycles. The lowest BCUT2D eigenvalue weighted by Crippen LogP contribution is -1.96. The first-order valence-corrected chi connectivity index (χ1v) is 10.5. The fourth-order valence-electron chi connectivity index (χ4n) is 3.82. The Bertz CT molecular complexity index is 1120. The highest BCUT2D eigenvalue weighted by Gasteiger charge is 2.28. The highest BCUT2D eigenvalue weighted by atomic mass is 32.2. The van der Waals surface area contributed by atoms with Crippen molar-refractivity contribution in [2.45, 2.75) is 24.9 Å². The zero-order valence-corrected chi connectivity index (χ0v) is 16.8. The van der Waals surface area contributed by atoms with Crippen LogP contribution in [0.15, 0.2) is 72.9 Å². The van der Waals surface area contributed by atoms with Crippen LogP contribution in [-0.2, 0) is 5.75 Å². The average molecular weight is 384 g/mol. The minimum Gasteiger partial charge on any atom is -0.220 e. The van der Waals surface area contributed by atoms with Crippen LogP contribution in [0.25, 0.3) is 16.8 Å². The summed E-state index contributed by atoms with van der Waals surface area (Å²) in [6.07, 6.45) is 2.05. The lowest BCUT2D eigenvalue weighted by atomic mass is 10.1. The van der Waals surface area contributed by atoms with E-state index in [0.717, 1.165) is 17.1 Å². The molecule has 0 atom stereocenters. The maximum atomic E-state index is 4.41.